The van der Waals surface area contributed by atoms with Gasteiger partial charge in [0.1, 0.15) is 5.82 Å². The fourth-order valence-corrected chi connectivity index (χ4v) is 3.36. The van der Waals surface area contributed by atoms with Crippen molar-refractivity contribution in [2.45, 2.75) is 37.5 Å². The van der Waals surface area contributed by atoms with Crippen LogP contribution >= 0.6 is 0 Å². The highest BCUT2D eigenvalue weighted by Gasteiger charge is 2.40. The Balaban J connectivity index is 1.43. The summed E-state index contributed by atoms with van der Waals surface area (Å²) in [7, 11) is 0. The highest BCUT2D eigenvalue weighted by atomic mass is 16.7. The third-order valence-electron chi connectivity index (χ3n) is 4.54. The second-order valence-corrected chi connectivity index (χ2v) is 5.94. The summed E-state index contributed by atoms with van der Waals surface area (Å²) in [5.74, 6) is 0.678. The Morgan fingerprint density at radius 3 is 2.52 bits per heavy atom. The lowest BCUT2D eigenvalue weighted by Crippen LogP contribution is -2.39. The molecule has 2 fully saturated rings. The van der Waals surface area contributed by atoms with Crippen molar-refractivity contribution >= 4 is 16.6 Å². The first-order chi connectivity index (χ1) is 10.3. The molecule has 1 saturated heterocycles. The molecule has 0 radical (unpaired) electrons. The van der Waals surface area contributed by atoms with Gasteiger partial charge >= 0.3 is 0 Å². The van der Waals surface area contributed by atoms with Gasteiger partial charge in [0.2, 0.25) is 0 Å². The van der Waals surface area contributed by atoms with Crippen LogP contribution in [0.1, 0.15) is 25.7 Å². The standard InChI is InChI=1S/C17H20N2O2/c1-2-4-14-12-18-16(11-13(14)3-1)19-15-5-7-17(8-6-15)20-9-10-21-17/h1-4,11-12,15H,5-10H2,(H,18,19). The van der Waals surface area contributed by atoms with Gasteiger partial charge in [-0.2, -0.15) is 0 Å². The zero-order valence-electron chi connectivity index (χ0n) is 12.0. The summed E-state index contributed by atoms with van der Waals surface area (Å²) in [5, 5.41) is 5.96. The first-order valence-electron chi connectivity index (χ1n) is 7.72. The minimum Gasteiger partial charge on any atom is -0.367 e. The Labute approximate surface area is 124 Å². The van der Waals surface area contributed by atoms with Crippen LogP contribution in [0.3, 0.4) is 0 Å². The predicted octanol–water partition coefficient (Wildman–Crippen LogP) is 3.33. The van der Waals surface area contributed by atoms with E-state index in [1.807, 2.05) is 12.3 Å². The molecule has 21 heavy (non-hydrogen) atoms. The van der Waals surface area contributed by atoms with E-state index in [4.69, 9.17) is 9.47 Å². The van der Waals surface area contributed by atoms with E-state index in [2.05, 4.69) is 34.6 Å². The maximum Gasteiger partial charge on any atom is 0.168 e. The van der Waals surface area contributed by atoms with E-state index < -0.39 is 0 Å². The average Bonchev–Trinajstić information content (AvgIpc) is 2.98. The number of aromatic nitrogens is 1. The van der Waals surface area contributed by atoms with Crippen LogP contribution in [-0.4, -0.2) is 30.0 Å². The molecule has 4 heteroatoms. The minimum absolute atomic E-state index is 0.283. The lowest BCUT2D eigenvalue weighted by atomic mass is 9.90. The summed E-state index contributed by atoms with van der Waals surface area (Å²) in [4.78, 5) is 4.52. The molecule has 0 bridgehead atoms. The molecule has 1 saturated carbocycles. The fourth-order valence-electron chi connectivity index (χ4n) is 3.36. The SMILES string of the molecule is c1ccc2cc(NC3CCC4(CC3)OCCO4)ncc2c1. The predicted molar refractivity (Wildman–Crippen MR) is 82.3 cm³/mol. The molecule has 1 N–H and O–H groups in total. The normalized spacial score (nSPS) is 21.9. The molecule has 1 aliphatic heterocycles. The Kier molecular flexibility index (Phi) is 3.28. The third-order valence-corrected chi connectivity index (χ3v) is 4.54. The summed E-state index contributed by atoms with van der Waals surface area (Å²) in [6.45, 7) is 1.48. The number of benzene rings is 1. The van der Waals surface area contributed by atoms with Gasteiger partial charge in [0.25, 0.3) is 0 Å². The number of hydrogen-bond acceptors (Lipinski definition) is 4. The quantitative estimate of drug-likeness (QED) is 0.918. The van der Waals surface area contributed by atoms with Crippen molar-refractivity contribution in [3.05, 3.63) is 36.5 Å². The van der Waals surface area contributed by atoms with Crippen molar-refractivity contribution in [3.8, 4) is 0 Å². The Morgan fingerprint density at radius 2 is 1.76 bits per heavy atom. The van der Waals surface area contributed by atoms with Crippen LogP contribution in [0.25, 0.3) is 10.8 Å². The second kappa shape index (κ2) is 5.28. The molecule has 4 rings (SSSR count). The molecule has 0 unspecified atom stereocenters. The molecule has 2 heterocycles. The number of hydrogen-bond donors (Lipinski definition) is 1. The maximum atomic E-state index is 5.77. The number of ether oxygens (including phenoxy) is 2. The van der Waals surface area contributed by atoms with Crippen LogP contribution in [0.5, 0.6) is 0 Å². The van der Waals surface area contributed by atoms with Crippen LogP contribution in [0.4, 0.5) is 5.82 Å². The summed E-state index contributed by atoms with van der Waals surface area (Å²) in [6.07, 6.45) is 6.00. The van der Waals surface area contributed by atoms with Gasteiger partial charge in [-0.3, -0.25) is 0 Å². The molecule has 0 amide bonds. The number of rotatable bonds is 2. The molecule has 1 aliphatic carbocycles. The van der Waals surface area contributed by atoms with Crippen LogP contribution in [0.2, 0.25) is 0 Å². The summed E-state index contributed by atoms with van der Waals surface area (Å²) < 4.78 is 11.5. The topological polar surface area (TPSA) is 43.4 Å². The van der Waals surface area contributed by atoms with E-state index in [9.17, 15) is 0 Å². The van der Waals surface area contributed by atoms with Gasteiger partial charge in [-0.15, -0.1) is 0 Å². The first kappa shape index (κ1) is 13.0. The zero-order valence-corrected chi connectivity index (χ0v) is 12.0. The minimum atomic E-state index is -0.283. The molecule has 2 aliphatic rings. The van der Waals surface area contributed by atoms with Gasteiger partial charge in [-0.1, -0.05) is 24.3 Å². The largest absolute Gasteiger partial charge is 0.367 e. The number of nitrogens with zero attached hydrogens (tertiary/aromatic N) is 1. The van der Waals surface area contributed by atoms with Crippen molar-refractivity contribution < 1.29 is 9.47 Å². The van der Waals surface area contributed by atoms with Crippen LogP contribution in [-0.2, 0) is 9.47 Å². The average molecular weight is 284 g/mol. The van der Waals surface area contributed by atoms with Crippen LogP contribution < -0.4 is 5.32 Å². The van der Waals surface area contributed by atoms with Crippen molar-refractivity contribution in [2.24, 2.45) is 0 Å². The molecular weight excluding hydrogens is 264 g/mol. The Hall–Kier alpha value is -1.65. The summed E-state index contributed by atoms with van der Waals surface area (Å²) in [5.41, 5.74) is 0. The maximum absolute atomic E-state index is 5.77. The van der Waals surface area contributed by atoms with Gasteiger partial charge in [0.05, 0.1) is 13.2 Å². The number of nitrogens with one attached hydrogen (secondary N) is 1. The van der Waals surface area contributed by atoms with Crippen LogP contribution in [0, 0.1) is 0 Å². The van der Waals surface area contributed by atoms with Gasteiger partial charge in [-0.05, 0) is 24.3 Å². The van der Waals surface area contributed by atoms with E-state index in [-0.39, 0.29) is 5.79 Å². The van der Waals surface area contributed by atoms with Crippen molar-refractivity contribution in [2.75, 3.05) is 18.5 Å². The first-order valence-corrected chi connectivity index (χ1v) is 7.72. The van der Waals surface area contributed by atoms with Crippen molar-refractivity contribution in [3.63, 3.8) is 0 Å². The van der Waals surface area contributed by atoms with E-state index in [1.54, 1.807) is 0 Å². The van der Waals surface area contributed by atoms with Gasteiger partial charge in [0.15, 0.2) is 5.79 Å². The molecule has 0 atom stereocenters. The molecular formula is C17H20N2O2. The lowest BCUT2D eigenvalue weighted by Gasteiger charge is -2.35. The Bertz CT molecular complexity index is 627. The van der Waals surface area contributed by atoms with Crippen molar-refractivity contribution in [1.82, 2.24) is 4.98 Å². The summed E-state index contributed by atoms with van der Waals surface area (Å²) >= 11 is 0. The number of anilines is 1. The number of fused-ring (bicyclic) bond motifs is 1. The molecule has 1 aromatic carbocycles. The third kappa shape index (κ3) is 2.61. The van der Waals surface area contributed by atoms with E-state index in [0.29, 0.717) is 6.04 Å². The van der Waals surface area contributed by atoms with Gasteiger partial charge in [0, 0.05) is 30.5 Å². The molecule has 1 spiro atoms. The fraction of sp³-hybridized carbons (Fsp3) is 0.471. The molecule has 2 aromatic rings. The zero-order chi connectivity index (χ0) is 14.1. The second-order valence-electron chi connectivity index (χ2n) is 5.94. The summed E-state index contributed by atoms with van der Waals surface area (Å²) in [6, 6.07) is 10.9. The monoisotopic (exact) mass is 284 g/mol. The van der Waals surface area contributed by atoms with Crippen LogP contribution in [0.15, 0.2) is 36.5 Å². The van der Waals surface area contributed by atoms with E-state index in [0.717, 1.165) is 44.7 Å². The molecule has 110 valence electrons. The van der Waals surface area contributed by atoms with Gasteiger partial charge < -0.3 is 14.8 Å². The van der Waals surface area contributed by atoms with Gasteiger partial charge in [-0.25, -0.2) is 4.98 Å². The van der Waals surface area contributed by atoms with Crippen molar-refractivity contribution in [1.29, 1.82) is 0 Å². The van der Waals surface area contributed by atoms with E-state index in [1.165, 1.54) is 10.8 Å². The Morgan fingerprint density at radius 1 is 1.05 bits per heavy atom. The molecule has 4 nitrogen and oxygen atoms in total. The smallest absolute Gasteiger partial charge is 0.168 e. The lowest BCUT2D eigenvalue weighted by molar-refractivity contribution is -0.177. The molecule has 1 aromatic heterocycles. The highest BCUT2D eigenvalue weighted by molar-refractivity contribution is 5.83. The van der Waals surface area contributed by atoms with E-state index >= 15 is 0 Å². The number of pyridine rings is 1. The highest BCUT2D eigenvalue weighted by Crippen LogP contribution is 2.36.